The van der Waals surface area contributed by atoms with Gasteiger partial charge in [-0.05, 0) is 12.5 Å². The van der Waals surface area contributed by atoms with Crippen LogP contribution in [0.3, 0.4) is 0 Å². The zero-order chi connectivity index (χ0) is 22.0. The molecule has 158 valence electrons. The van der Waals surface area contributed by atoms with E-state index in [9.17, 15) is 24.0 Å². The maximum Gasteiger partial charge on any atom is 0.408 e. The number of carboxylic acids is 1. The van der Waals surface area contributed by atoms with Crippen molar-refractivity contribution in [3.05, 3.63) is 35.9 Å². The number of carbonyl (C=O) groups excluding carboxylic acids is 4. The molecule has 0 aliphatic rings. The number of primary amides is 1. The van der Waals surface area contributed by atoms with Gasteiger partial charge in [0.25, 0.3) is 0 Å². The Morgan fingerprint density at radius 3 is 2.31 bits per heavy atom. The van der Waals surface area contributed by atoms with Gasteiger partial charge >= 0.3 is 12.1 Å². The minimum atomic E-state index is -1.49. The lowest BCUT2D eigenvalue weighted by Gasteiger charge is -2.22. The highest BCUT2D eigenvalue weighted by Gasteiger charge is 2.25. The number of likely N-dealkylation sites (N-methyl/N-ethyl adjacent to an activating group) is 1. The minimum absolute atomic E-state index is 0.0300. The van der Waals surface area contributed by atoms with E-state index in [4.69, 9.17) is 15.6 Å². The first-order valence-electron chi connectivity index (χ1n) is 8.62. The number of benzene rings is 1. The van der Waals surface area contributed by atoms with Crippen molar-refractivity contribution in [3.63, 3.8) is 0 Å². The Labute approximate surface area is 167 Å². The molecule has 0 aliphatic heterocycles. The standard InChI is InChI=1S/C18H24N4O7/c1-11(20-18(28)29-10-12-6-4-3-5-7-12)16(25)22(2)9-15(24)21-13(17(26)27)8-14(19)23/h3-7,11,13H,8-10H2,1-2H3,(H2,19,23)(H,20,28)(H,21,24)(H,26,27). The summed E-state index contributed by atoms with van der Waals surface area (Å²) in [5.74, 6) is -3.72. The van der Waals surface area contributed by atoms with Gasteiger partial charge in [0, 0.05) is 7.05 Å². The lowest BCUT2D eigenvalue weighted by Crippen LogP contribution is -2.51. The average molecular weight is 408 g/mol. The Morgan fingerprint density at radius 1 is 1.14 bits per heavy atom. The van der Waals surface area contributed by atoms with Gasteiger partial charge in [0.05, 0.1) is 13.0 Å². The Balaban J connectivity index is 2.47. The van der Waals surface area contributed by atoms with Crippen LogP contribution in [-0.2, 0) is 30.5 Å². The van der Waals surface area contributed by atoms with E-state index in [1.807, 2.05) is 6.07 Å². The van der Waals surface area contributed by atoms with Crippen molar-refractivity contribution < 1.29 is 33.8 Å². The summed E-state index contributed by atoms with van der Waals surface area (Å²) in [5, 5.41) is 13.4. The highest BCUT2D eigenvalue weighted by Crippen LogP contribution is 2.01. The molecule has 0 saturated heterocycles. The maximum absolute atomic E-state index is 12.3. The van der Waals surface area contributed by atoms with Crippen LogP contribution < -0.4 is 16.4 Å². The number of alkyl carbamates (subject to hydrolysis) is 1. The summed E-state index contributed by atoms with van der Waals surface area (Å²) in [6, 6.07) is 6.47. The van der Waals surface area contributed by atoms with E-state index in [-0.39, 0.29) is 6.61 Å². The summed E-state index contributed by atoms with van der Waals surface area (Å²) in [5.41, 5.74) is 5.71. The molecule has 0 aromatic heterocycles. The second-order valence-corrected chi connectivity index (χ2v) is 6.25. The first-order valence-corrected chi connectivity index (χ1v) is 8.62. The van der Waals surface area contributed by atoms with Gasteiger partial charge in [0.2, 0.25) is 17.7 Å². The van der Waals surface area contributed by atoms with Crippen LogP contribution in [0, 0.1) is 0 Å². The predicted molar refractivity (Wildman–Crippen MR) is 100 cm³/mol. The molecule has 11 nitrogen and oxygen atoms in total. The van der Waals surface area contributed by atoms with Crippen LogP contribution >= 0.6 is 0 Å². The number of ether oxygens (including phenoxy) is 1. The van der Waals surface area contributed by atoms with Gasteiger partial charge in [-0.1, -0.05) is 30.3 Å². The Morgan fingerprint density at radius 2 is 1.76 bits per heavy atom. The summed E-state index contributed by atoms with van der Waals surface area (Å²) in [6.07, 6.45) is -1.39. The van der Waals surface area contributed by atoms with Gasteiger partial charge in [-0.2, -0.15) is 0 Å². The number of aliphatic carboxylic acids is 1. The quantitative estimate of drug-likeness (QED) is 0.393. The van der Waals surface area contributed by atoms with E-state index < -0.39 is 54.8 Å². The maximum atomic E-state index is 12.3. The lowest BCUT2D eigenvalue weighted by molar-refractivity contribution is -0.144. The first-order chi connectivity index (χ1) is 13.6. The van der Waals surface area contributed by atoms with Crippen LogP contribution in [0.4, 0.5) is 4.79 Å². The first kappa shape index (κ1) is 23.4. The normalized spacial score (nSPS) is 12.2. The third kappa shape index (κ3) is 8.73. The number of nitrogens with zero attached hydrogens (tertiary/aromatic N) is 1. The van der Waals surface area contributed by atoms with E-state index in [1.54, 1.807) is 24.3 Å². The third-order valence-corrected chi connectivity index (χ3v) is 3.71. The van der Waals surface area contributed by atoms with Gasteiger partial charge in [0.15, 0.2) is 0 Å². The molecule has 29 heavy (non-hydrogen) atoms. The fourth-order valence-electron chi connectivity index (χ4n) is 2.27. The summed E-state index contributed by atoms with van der Waals surface area (Å²) in [6.45, 7) is 0.961. The molecule has 1 aromatic carbocycles. The van der Waals surface area contributed by atoms with E-state index in [2.05, 4.69) is 10.6 Å². The molecule has 0 radical (unpaired) electrons. The number of rotatable bonds is 10. The van der Waals surface area contributed by atoms with Crippen molar-refractivity contribution in [1.82, 2.24) is 15.5 Å². The molecule has 1 aromatic rings. The molecule has 11 heteroatoms. The molecule has 4 amide bonds. The van der Waals surface area contributed by atoms with Crippen molar-refractivity contribution >= 4 is 29.8 Å². The highest BCUT2D eigenvalue weighted by atomic mass is 16.5. The lowest BCUT2D eigenvalue weighted by atomic mass is 10.2. The number of carboxylic acid groups (broad SMARTS) is 1. The minimum Gasteiger partial charge on any atom is -0.480 e. The largest absolute Gasteiger partial charge is 0.480 e. The zero-order valence-corrected chi connectivity index (χ0v) is 16.1. The summed E-state index contributed by atoms with van der Waals surface area (Å²) >= 11 is 0. The number of amides is 4. The third-order valence-electron chi connectivity index (χ3n) is 3.71. The number of hydrogen-bond acceptors (Lipinski definition) is 6. The molecule has 0 heterocycles. The van der Waals surface area contributed by atoms with Gasteiger partial charge < -0.3 is 31.1 Å². The van der Waals surface area contributed by atoms with Crippen LogP contribution in [0.5, 0.6) is 0 Å². The molecule has 2 unspecified atom stereocenters. The fourth-order valence-corrected chi connectivity index (χ4v) is 2.27. The second-order valence-electron chi connectivity index (χ2n) is 6.25. The van der Waals surface area contributed by atoms with Crippen LogP contribution in [0.2, 0.25) is 0 Å². The number of hydrogen-bond donors (Lipinski definition) is 4. The van der Waals surface area contributed by atoms with E-state index in [0.717, 1.165) is 10.5 Å². The second kappa shape index (κ2) is 11.3. The number of nitrogens with one attached hydrogen (secondary N) is 2. The molecule has 0 saturated carbocycles. The Hall–Kier alpha value is -3.63. The van der Waals surface area contributed by atoms with Gasteiger partial charge in [-0.25, -0.2) is 9.59 Å². The van der Waals surface area contributed by atoms with Crippen LogP contribution in [0.15, 0.2) is 30.3 Å². The van der Waals surface area contributed by atoms with Crippen molar-refractivity contribution in [3.8, 4) is 0 Å². The molecule has 0 fully saturated rings. The molecule has 5 N–H and O–H groups in total. The van der Waals surface area contributed by atoms with Crippen molar-refractivity contribution in [1.29, 1.82) is 0 Å². The number of nitrogens with two attached hydrogens (primary N) is 1. The smallest absolute Gasteiger partial charge is 0.408 e. The van der Waals surface area contributed by atoms with Crippen molar-refractivity contribution in [2.24, 2.45) is 5.73 Å². The van der Waals surface area contributed by atoms with Gasteiger partial charge in [-0.3, -0.25) is 14.4 Å². The fraction of sp³-hybridized carbons (Fsp3) is 0.389. The van der Waals surface area contributed by atoms with Crippen LogP contribution in [0.25, 0.3) is 0 Å². The molecule has 2 atom stereocenters. The van der Waals surface area contributed by atoms with E-state index in [1.165, 1.54) is 14.0 Å². The van der Waals surface area contributed by atoms with E-state index >= 15 is 0 Å². The number of carbonyl (C=O) groups is 5. The van der Waals surface area contributed by atoms with E-state index in [0.29, 0.717) is 0 Å². The molecule has 1 rings (SSSR count). The monoisotopic (exact) mass is 408 g/mol. The SMILES string of the molecule is CC(NC(=O)OCc1ccccc1)C(=O)N(C)CC(=O)NC(CC(N)=O)C(=O)O. The Kier molecular flexibility index (Phi) is 9.10. The average Bonchev–Trinajstić information content (AvgIpc) is 2.65. The summed E-state index contributed by atoms with van der Waals surface area (Å²) in [4.78, 5) is 58.9. The predicted octanol–water partition coefficient (Wildman–Crippen LogP) is -0.795. The highest BCUT2D eigenvalue weighted by molar-refractivity contribution is 5.91. The topological polar surface area (TPSA) is 168 Å². The van der Waals surface area contributed by atoms with Gasteiger partial charge in [-0.15, -0.1) is 0 Å². The zero-order valence-electron chi connectivity index (χ0n) is 16.1. The molecular weight excluding hydrogens is 384 g/mol. The molecule has 0 spiro atoms. The van der Waals surface area contributed by atoms with Crippen molar-refractivity contribution in [2.45, 2.75) is 32.0 Å². The molecule has 0 bridgehead atoms. The van der Waals surface area contributed by atoms with Crippen LogP contribution in [-0.4, -0.2) is 65.5 Å². The molecule has 0 aliphatic carbocycles. The Bertz CT molecular complexity index is 754. The summed E-state index contributed by atoms with van der Waals surface area (Å²) < 4.78 is 5.02. The summed E-state index contributed by atoms with van der Waals surface area (Å²) in [7, 11) is 1.30. The molecular formula is C18H24N4O7. The van der Waals surface area contributed by atoms with Crippen molar-refractivity contribution in [2.75, 3.05) is 13.6 Å². The van der Waals surface area contributed by atoms with Crippen LogP contribution in [0.1, 0.15) is 18.9 Å². The van der Waals surface area contributed by atoms with Gasteiger partial charge in [0.1, 0.15) is 18.7 Å².